The van der Waals surface area contributed by atoms with Crippen LogP contribution in [0.3, 0.4) is 0 Å². The van der Waals surface area contributed by atoms with Crippen molar-refractivity contribution in [3.05, 3.63) is 33.4 Å². The van der Waals surface area contributed by atoms with E-state index in [-0.39, 0.29) is 11.4 Å². The van der Waals surface area contributed by atoms with E-state index in [0.29, 0.717) is 11.1 Å². The number of aliphatic hydroxyl groups is 1. The maximum absolute atomic E-state index is 12.0. The third kappa shape index (κ3) is 4.69. The van der Waals surface area contributed by atoms with Crippen molar-refractivity contribution in [2.75, 3.05) is 6.61 Å². The molecule has 1 N–H and O–H groups in total. The fourth-order valence-corrected chi connectivity index (χ4v) is 1.76. The Morgan fingerprint density at radius 3 is 2.50 bits per heavy atom. The first-order valence-electron chi connectivity index (χ1n) is 5.73. The Morgan fingerprint density at radius 1 is 1.40 bits per heavy atom. The lowest BCUT2D eigenvalue weighted by Crippen LogP contribution is -2.25. The highest BCUT2D eigenvalue weighted by Gasteiger charge is 2.31. The number of aryl methyl sites for hydroxylation is 2. The number of benzene rings is 1. The van der Waals surface area contributed by atoms with Gasteiger partial charge in [-0.2, -0.15) is 13.2 Å². The van der Waals surface area contributed by atoms with Crippen LogP contribution < -0.4 is 4.74 Å². The van der Waals surface area contributed by atoms with E-state index in [2.05, 4.69) is 0 Å². The van der Waals surface area contributed by atoms with Crippen LogP contribution in [0.25, 0.3) is 0 Å². The number of nitrogens with zero attached hydrogens (tertiary/aromatic N) is 1. The van der Waals surface area contributed by atoms with Gasteiger partial charge in [0.05, 0.1) is 17.4 Å². The molecule has 1 atom stereocenters. The lowest BCUT2D eigenvalue weighted by molar-refractivity contribution is -0.386. The summed E-state index contributed by atoms with van der Waals surface area (Å²) in [6, 6.07) is 2.87. The molecule has 0 aromatic heterocycles. The molecule has 1 aromatic rings. The number of halogens is 3. The van der Waals surface area contributed by atoms with Crippen LogP contribution in [0.4, 0.5) is 18.9 Å². The summed E-state index contributed by atoms with van der Waals surface area (Å²) in [5.41, 5.74) is 0.731. The molecule has 0 amide bonds. The molecule has 8 heteroatoms. The Labute approximate surface area is 113 Å². The Kier molecular flexibility index (Phi) is 4.93. The number of aliphatic hydroxyl groups excluding tert-OH is 1. The van der Waals surface area contributed by atoms with Gasteiger partial charge in [-0.15, -0.1) is 0 Å². The first kappa shape index (κ1) is 16.2. The van der Waals surface area contributed by atoms with Gasteiger partial charge in [-0.25, -0.2) is 0 Å². The van der Waals surface area contributed by atoms with Crippen LogP contribution in [0.1, 0.15) is 17.5 Å². The third-order valence-electron chi connectivity index (χ3n) is 2.48. The van der Waals surface area contributed by atoms with Crippen LogP contribution >= 0.6 is 0 Å². The molecule has 0 radical (unpaired) electrons. The van der Waals surface area contributed by atoms with Crippen molar-refractivity contribution in [1.29, 1.82) is 0 Å². The summed E-state index contributed by atoms with van der Waals surface area (Å²) in [7, 11) is 0. The van der Waals surface area contributed by atoms with Crippen LogP contribution in [-0.2, 0) is 0 Å². The molecular formula is C12H14F3NO4. The molecule has 0 aliphatic heterocycles. The second-order valence-corrected chi connectivity index (χ2v) is 4.47. The van der Waals surface area contributed by atoms with Crippen molar-refractivity contribution < 1.29 is 27.9 Å². The van der Waals surface area contributed by atoms with Gasteiger partial charge >= 0.3 is 11.9 Å². The van der Waals surface area contributed by atoms with Gasteiger partial charge in [0.25, 0.3) is 0 Å². The third-order valence-corrected chi connectivity index (χ3v) is 2.48. The minimum absolute atomic E-state index is 0.123. The number of hydrogen-bond donors (Lipinski definition) is 1. The van der Waals surface area contributed by atoms with Crippen molar-refractivity contribution >= 4 is 5.69 Å². The van der Waals surface area contributed by atoms with Crippen molar-refractivity contribution in [1.82, 2.24) is 0 Å². The van der Waals surface area contributed by atoms with Crippen molar-refractivity contribution in [3.63, 3.8) is 0 Å². The number of rotatable bonds is 5. The molecule has 0 aliphatic carbocycles. The zero-order valence-electron chi connectivity index (χ0n) is 10.9. The van der Waals surface area contributed by atoms with Crippen LogP contribution in [-0.4, -0.2) is 28.9 Å². The van der Waals surface area contributed by atoms with Crippen molar-refractivity contribution in [2.45, 2.75) is 32.5 Å². The molecule has 0 saturated heterocycles. The van der Waals surface area contributed by atoms with E-state index in [4.69, 9.17) is 4.74 Å². The Morgan fingerprint density at radius 2 is 2.00 bits per heavy atom. The second-order valence-electron chi connectivity index (χ2n) is 4.47. The average molecular weight is 293 g/mol. The molecule has 0 spiro atoms. The summed E-state index contributed by atoms with van der Waals surface area (Å²) >= 11 is 0. The summed E-state index contributed by atoms with van der Waals surface area (Å²) in [6.45, 7) is 2.54. The summed E-state index contributed by atoms with van der Waals surface area (Å²) < 4.78 is 41.1. The summed E-state index contributed by atoms with van der Waals surface area (Å²) in [5, 5.41) is 20.1. The smallest absolute Gasteiger partial charge is 0.391 e. The van der Waals surface area contributed by atoms with Crippen LogP contribution in [0, 0.1) is 24.0 Å². The first-order valence-corrected chi connectivity index (χ1v) is 5.73. The molecule has 5 nitrogen and oxygen atoms in total. The highest BCUT2D eigenvalue weighted by Crippen LogP contribution is 2.32. The van der Waals surface area contributed by atoms with E-state index < -0.39 is 30.2 Å². The van der Waals surface area contributed by atoms with Crippen LogP contribution in [0.2, 0.25) is 0 Å². The van der Waals surface area contributed by atoms with Crippen LogP contribution in [0.5, 0.6) is 5.75 Å². The van der Waals surface area contributed by atoms with E-state index >= 15 is 0 Å². The molecule has 1 rings (SSSR count). The average Bonchev–Trinajstić information content (AvgIpc) is 2.24. The monoisotopic (exact) mass is 293 g/mol. The Balaban J connectivity index is 2.85. The zero-order chi connectivity index (χ0) is 15.5. The zero-order valence-corrected chi connectivity index (χ0v) is 10.9. The van der Waals surface area contributed by atoms with Gasteiger partial charge in [-0.1, -0.05) is 6.07 Å². The first-order chi connectivity index (χ1) is 9.10. The van der Waals surface area contributed by atoms with Crippen LogP contribution in [0.15, 0.2) is 12.1 Å². The normalized spacial score (nSPS) is 13.1. The summed E-state index contributed by atoms with van der Waals surface area (Å²) in [4.78, 5) is 10.2. The molecule has 0 fully saturated rings. The molecule has 0 saturated carbocycles. The lowest BCUT2D eigenvalue weighted by atomic mass is 10.1. The van der Waals surface area contributed by atoms with E-state index in [1.54, 1.807) is 19.9 Å². The molecule has 0 heterocycles. The number of alkyl halides is 3. The largest absolute Gasteiger partial charge is 0.484 e. The molecular weight excluding hydrogens is 279 g/mol. The lowest BCUT2D eigenvalue weighted by Gasteiger charge is -2.15. The predicted octanol–water partition coefficient (Wildman–Crippen LogP) is 2.90. The summed E-state index contributed by atoms with van der Waals surface area (Å²) in [5.74, 6) is -0.123. The fourth-order valence-electron chi connectivity index (χ4n) is 1.76. The van der Waals surface area contributed by atoms with Gasteiger partial charge in [0.1, 0.15) is 6.61 Å². The minimum atomic E-state index is -4.52. The standard InChI is InChI=1S/C12H14F3NO4/c1-7-3-8(2)11(10(4-7)16(18)19)20-6-9(17)5-12(13,14)15/h3-4,9,17H,5-6H2,1-2H3/t9-/m1/s1. The maximum Gasteiger partial charge on any atom is 0.391 e. The van der Waals surface area contributed by atoms with Gasteiger partial charge in [0, 0.05) is 6.07 Å². The number of nitro benzene ring substituents is 1. The summed E-state index contributed by atoms with van der Waals surface area (Å²) in [6.07, 6.45) is -7.71. The van der Waals surface area contributed by atoms with Crippen molar-refractivity contribution in [3.8, 4) is 5.75 Å². The number of nitro groups is 1. The minimum Gasteiger partial charge on any atom is -0.484 e. The molecule has 20 heavy (non-hydrogen) atoms. The number of ether oxygens (including phenoxy) is 1. The van der Waals surface area contributed by atoms with E-state index in [9.17, 15) is 28.4 Å². The van der Waals surface area contributed by atoms with Gasteiger partial charge in [-0.05, 0) is 25.0 Å². The SMILES string of the molecule is Cc1cc(C)c(OC[C@H](O)CC(F)(F)F)c([N+](=O)[O-])c1. The number of hydrogen-bond acceptors (Lipinski definition) is 4. The topological polar surface area (TPSA) is 72.6 Å². The second kappa shape index (κ2) is 6.08. The van der Waals surface area contributed by atoms with Gasteiger partial charge in [0.2, 0.25) is 0 Å². The molecule has 1 aromatic carbocycles. The van der Waals surface area contributed by atoms with E-state index in [0.717, 1.165) is 0 Å². The highest BCUT2D eigenvalue weighted by atomic mass is 19.4. The Hall–Kier alpha value is -1.83. The van der Waals surface area contributed by atoms with E-state index in [1.807, 2.05) is 0 Å². The molecule has 0 bridgehead atoms. The molecule has 112 valence electrons. The maximum atomic E-state index is 12.0. The predicted molar refractivity (Wildman–Crippen MR) is 64.7 cm³/mol. The quantitative estimate of drug-likeness (QED) is 0.669. The van der Waals surface area contributed by atoms with Gasteiger partial charge < -0.3 is 9.84 Å². The van der Waals surface area contributed by atoms with Gasteiger partial charge in [-0.3, -0.25) is 10.1 Å². The van der Waals surface area contributed by atoms with Gasteiger partial charge in [0.15, 0.2) is 5.75 Å². The molecule has 0 unspecified atom stereocenters. The fraction of sp³-hybridized carbons (Fsp3) is 0.500. The Bertz CT molecular complexity index is 502. The molecule has 0 aliphatic rings. The van der Waals surface area contributed by atoms with E-state index in [1.165, 1.54) is 6.07 Å². The van der Waals surface area contributed by atoms with Crippen molar-refractivity contribution in [2.24, 2.45) is 0 Å². The highest BCUT2D eigenvalue weighted by molar-refractivity contribution is 5.53.